The molecule has 0 amide bonds. The van der Waals surface area contributed by atoms with Crippen molar-refractivity contribution in [2.75, 3.05) is 18.1 Å². The molecule has 18 heavy (non-hydrogen) atoms. The Morgan fingerprint density at radius 3 is 2.61 bits per heavy atom. The maximum atomic E-state index is 9.41. The SMILES string of the molecule is CC(C)c1ccc2c(n1)N(C(C)C)CC(CO)C2. The molecule has 0 saturated carbocycles. The number of nitrogens with zero attached hydrogens (tertiary/aromatic N) is 2. The van der Waals surface area contributed by atoms with Crippen LogP contribution in [0.15, 0.2) is 12.1 Å². The van der Waals surface area contributed by atoms with Gasteiger partial charge in [0.15, 0.2) is 0 Å². The van der Waals surface area contributed by atoms with Gasteiger partial charge in [-0.15, -0.1) is 0 Å². The van der Waals surface area contributed by atoms with Crippen LogP contribution in [-0.4, -0.2) is 29.3 Å². The topological polar surface area (TPSA) is 36.4 Å². The molecule has 2 heterocycles. The number of rotatable bonds is 3. The van der Waals surface area contributed by atoms with Gasteiger partial charge in [0, 0.05) is 30.8 Å². The normalized spacial score (nSPS) is 19.5. The van der Waals surface area contributed by atoms with Crippen molar-refractivity contribution >= 4 is 5.82 Å². The molecule has 2 rings (SSSR count). The van der Waals surface area contributed by atoms with E-state index in [1.54, 1.807) is 0 Å². The quantitative estimate of drug-likeness (QED) is 0.893. The first-order valence-corrected chi connectivity index (χ1v) is 6.90. The van der Waals surface area contributed by atoms with Crippen molar-refractivity contribution in [3.05, 3.63) is 23.4 Å². The lowest BCUT2D eigenvalue weighted by atomic mass is 9.93. The Hall–Kier alpha value is -1.09. The van der Waals surface area contributed by atoms with Crippen LogP contribution in [0.3, 0.4) is 0 Å². The number of pyridine rings is 1. The Bertz CT molecular complexity index is 415. The van der Waals surface area contributed by atoms with Crippen LogP contribution in [0.2, 0.25) is 0 Å². The minimum absolute atomic E-state index is 0.259. The van der Waals surface area contributed by atoms with Crippen LogP contribution in [0.1, 0.15) is 44.9 Å². The molecule has 1 aliphatic heterocycles. The molecule has 0 radical (unpaired) electrons. The molecule has 3 heteroatoms. The van der Waals surface area contributed by atoms with Gasteiger partial charge in [0.05, 0.1) is 0 Å². The molecule has 0 spiro atoms. The number of anilines is 1. The maximum absolute atomic E-state index is 9.41. The second kappa shape index (κ2) is 5.27. The number of hydrogen-bond donors (Lipinski definition) is 1. The van der Waals surface area contributed by atoms with Gasteiger partial charge in [0.2, 0.25) is 0 Å². The molecule has 3 nitrogen and oxygen atoms in total. The second-order valence-corrected chi connectivity index (χ2v) is 5.87. The van der Waals surface area contributed by atoms with Crippen molar-refractivity contribution in [3.63, 3.8) is 0 Å². The van der Waals surface area contributed by atoms with Gasteiger partial charge in [-0.2, -0.15) is 0 Å². The van der Waals surface area contributed by atoms with Crippen LogP contribution >= 0.6 is 0 Å². The van der Waals surface area contributed by atoms with Crippen LogP contribution in [0.4, 0.5) is 5.82 Å². The first-order chi connectivity index (χ1) is 8.52. The molecule has 0 fully saturated rings. The molecular formula is C15H24N2O. The highest BCUT2D eigenvalue weighted by Crippen LogP contribution is 2.30. The summed E-state index contributed by atoms with van der Waals surface area (Å²) in [5, 5.41) is 9.41. The maximum Gasteiger partial charge on any atom is 0.132 e. The standard InChI is InChI=1S/C15H24N2O/c1-10(2)14-6-5-13-7-12(9-18)8-17(11(3)4)15(13)16-14/h5-6,10-12,18H,7-9H2,1-4H3. The van der Waals surface area contributed by atoms with E-state index in [0.717, 1.165) is 24.5 Å². The number of aromatic nitrogens is 1. The van der Waals surface area contributed by atoms with E-state index in [4.69, 9.17) is 4.98 Å². The fourth-order valence-electron chi connectivity index (χ4n) is 2.54. The van der Waals surface area contributed by atoms with Crippen molar-refractivity contribution < 1.29 is 5.11 Å². The Labute approximate surface area is 110 Å². The first kappa shape index (κ1) is 13.3. The van der Waals surface area contributed by atoms with Gasteiger partial charge in [-0.25, -0.2) is 4.98 Å². The lowest BCUT2D eigenvalue weighted by molar-refractivity contribution is 0.222. The summed E-state index contributed by atoms with van der Waals surface area (Å²) < 4.78 is 0. The summed E-state index contributed by atoms with van der Waals surface area (Å²) in [6.45, 7) is 9.90. The highest BCUT2D eigenvalue weighted by Gasteiger charge is 2.27. The largest absolute Gasteiger partial charge is 0.396 e. The zero-order chi connectivity index (χ0) is 13.3. The Balaban J connectivity index is 2.40. The molecule has 0 aromatic carbocycles. The third-order valence-electron chi connectivity index (χ3n) is 3.69. The van der Waals surface area contributed by atoms with Crippen LogP contribution in [-0.2, 0) is 6.42 Å². The lowest BCUT2D eigenvalue weighted by Gasteiger charge is -2.37. The van der Waals surface area contributed by atoms with Crippen LogP contribution in [0.5, 0.6) is 0 Å². The van der Waals surface area contributed by atoms with Crippen molar-refractivity contribution in [1.29, 1.82) is 0 Å². The van der Waals surface area contributed by atoms with E-state index >= 15 is 0 Å². The zero-order valence-electron chi connectivity index (χ0n) is 11.8. The van der Waals surface area contributed by atoms with Crippen LogP contribution in [0, 0.1) is 5.92 Å². The Kier molecular flexibility index (Phi) is 3.91. The summed E-state index contributed by atoms with van der Waals surface area (Å²) in [6, 6.07) is 4.74. The molecule has 1 aromatic heterocycles. The summed E-state index contributed by atoms with van der Waals surface area (Å²) >= 11 is 0. The van der Waals surface area contributed by atoms with Crippen molar-refractivity contribution in [2.24, 2.45) is 5.92 Å². The van der Waals surface area contributed by atoms with E-state index in [1.165, 1.54) is 5.56 Å². The molecule has 1 aromatic rings. The highest BCUT2D eigenvalue weighted by molar-refractivity contribution is 5.51. The van der Waals surface area contributed by atoms with Gasteiger partial charge >= 0.3 is 0 Å². The van der Waals surface area contributed by atoms with E-state index in [0.29, 0.717) is 17.9 Å². The summed E-state index contributed by atoms with van der Waals surface area (Å²) in [5.41, 5.74) is 2.43. The summed E-state index contributed by atoms with van der Waals surface area (Å²) in [5.74, 6) is 1.92. The Morgan fingerprint density at radius 2 is 2.06 bits per heavy atom. The fourth-order valence-corrected chi connectivity index (χ4v) is 2.54. The van der Waals surface area contributed by atoms with E-state index in [1.807, 2.05) is 0 Å². The third kappa shape index (κ3) is 2.51. The fraction of sp³-hybridized carbons (Fsp3) is 0.667. The zero-order valence-corrected chi connectivity index (χ0v) is 11.8. The van der Waals surface area contributed by atoms with Gasteiger partial charge in [0.25, 0.3) is 0 Å². The van der Waals surface area contributed by atoms with Gasteiger partial charge in [-0.1, -0.05) is 19.9 Å². The lowest BCUT2D eigenvalue weighted by Crippen LogP contribution is -2.42. The summed E-state index contributed by atoms with van der Waals surface area (Å²) in [7, 11) is 0. The van der Waals surface area contributed by atoms with E-state index in [2.05, 4.69) is 44.7 Å². The summed E-state index contributed by atoms with van der Waals surface area (Å²) in [4.78, 5) is 7.15. The minimum atomic E-state index is 0.259. The van der Waals surface area contributed by atoms with E-state index in [-0.39, 0.29) is 6.61 Å². The van der Waals surface area contributed by atoms with Gasteiger partial charge < -0.3 is 10.0 Å². The molecule has 1 atom stereocenters. The molecular weight excluding hydrogens is 224 g/mol. The number of hydrogen-bond acceptors (Lipinski definition) is 3. The summed E-state index contributed by atoms with van der Waals surface area (Å²) in [6.07, 6.45) is 0.945. The minimum Gasteiger partial charge on any atom is -0.396 e. The Morgan fingerprint density at radius 1 is 1.33 bits per heavy atom. The molecule has 1 unspecified atom stereocenters. The second-order valence-electron chi connectivity index (χ2n) is 5.87. The van der Waals surface area contributed by atoms with Crippen LogP contribution < -0.4 is 4.90 Å². The van der Waals surface area contributed by atoms with Gasteiger partial charge in [-0.05, 0) is 37.8 Å². The third-order valence-corrected chi connectivity index (χ3v) is 3.69. The molecule has 0 saturated heterocycles. The van der Waals surface area contributed by atoms with Crippen molar-refractivity contribution in [2.45, 2.75) is 46.1 Å². The van der Waals surface area contributed by atoms with Gasteiger partial charge in [-0.3, -0.25) is 0 Å². The molecule has 0 aliphatic carbocycles. The monoisotopic (exact) mass is 248 g/mol. The molecule has 1 N–H and O–H groups in total. The van der Waals surface area contributed by atoms with Crippen molar-refractivity contribution in [1.82, 2.24) is 4.98 Å². The average molecular weight is 248 g/mol. The first-order valence-electron chi connectivity index (χ1n) is 6.90. The predicted molar refractivity (Wildman–Crippen MR) is 75.1 cm³/mol. The average Bonchev–Trinajstić information content (AvgIpc) is 2.36. The molecule has 100 valence electrons. The van der Waals surface area contributed by atoms with E-state index in [9.17, 15) is 5.11 Å². The smallest absolute Gasteiger partial charge is 0.132 e. The van der Waals surface area contributed by atoms with Crippen molar-refractivity contribution in [3.8, 4) is 0 Å². The number of aliphatic hydroxyl groups excluding tert-OH is 1. The number of fused-ring (bicyclic) bond motifs is 1. The highest BCUT2D eigenvalue weighted by atomic mass is 16.3. The molecule has 0 bridgehead atoms. The number of aliphatic hydroxyl groups is 1. The predicted octanol–water partition coefficient (Wildman–Crippen LogP) is 2.58. The van der Waals surface area contributed by atoms with Crippen LogP contribution in [0.25, 0.3) is 0 Å². The van der Waals surface area contributed by atoms with Gasteiger partial charge in [0.1, 0.15) is 5.82 Å². The molecule has 1 aliphatic rings. The van der Waals surface area contributed by atoms with E-state index < -0.39 is 0 Å².